The van der Waals surface area contributed by atoms with E-state index in [1.165, 1.54) is 0 Å². The van der Waals surface area contributed by atoms with E-state index in [4.69, 9.17) is 18.2 Å². The molecule has 0 atom stereocenters. The highest BCUT2D eigenvalue weighted by atomic mass is 35.5. The molecule has 0 saturated heterocycles. The summed E-state index contributed by atoms with van der Waals surface area (Å²) in [5.74, 6) is 0. The second-order valence-corrected chi connectivity index (χ2v) is 2.69. The van der Waals surface area contributed by atoms with Gasteiger partial charge in [0.15, 0.2) is 0 Å². The third-order valence-electron chi connectivity index (χ3n) is 1.56. The Morgan fingerprint density at radius 1 is 1.46 bits per heavy atom. The Kier molecular flexibility index (Phi) is 8.15. The maximum absolute atomic E-state index is 5.77. The summed E-state index contributed by atoms with van der Waals surface area (Å²) in [6.45, 7) is 7.20. The van der Waals surface area contributed by atoms with Crippen molar-refractivity contribution < 1.29 is 12.4 Å². The van der Waals surface area contributed by atoms with E-state index in [0.29, 0.717) is 0 Å². The zero-order valence-electron chi connectivity index (χ0n) is 7.13. The van der Waals surface area contributed by atoms with Crippen LogP contribution in [0.15, 0.2) is 18.2 Å². The number of hydrogen-bond donors (Lipinski definition) is 0. The first-order valence-corrected chi connectivity index (χ1v) is 3.85. The van der Waals surface area contributed by atoms with E-state index in [2.05, 4.69) is 4.85 Å². The summed E-state index contributed by atoms with van der Waals surface area (Å²) in [5.41, 5.74) is 1.90. The molecule has 0 saturated carbocycles. The molecule has 0 N–H and O–H groups in total. The van der Waals surface area contributed by atoms with Crippen LogP contribution in [-0.4, -0.2) is 0 Å². The molecule has 1 aromatic carbocycles. The average molecular weight is 239 g/mol. The molecule has 1 rings (SSSR count). The minimum atomic E-state index is 0. The van der Waals surface area contributed by atoms with Crippen molar-refractivity contribution in [3.05, 3.63) is 33.6 Å². The van der Waals surface area contributed by atoms with Crippen molar-refractivity contribution in [2.45, 2.75) is 13.3 Å². The van der Waals surface area contributed by atoms with Gasteiger partial charge in [-0.05, 0) is 23.4 Å². The summed E-state index contributed by atoms with van der Waals surface area (Å²) in [6.07, 6.45) is 0.899. The van der Waals surface area contributed by atoms with Crippen molar-refractivity contribution in [3.63, 3.8) is 0 Å². The Balaban J connectivity index is 0. The van der Waals surface area contributed by atoms with Crippen molar-refractivity contribution in [2.75, 3.05) is 0 Å². The standard InChI is InChI=1S/C9H9ClN.2ClH/c1-3-7-6-8(10)4-5-9(7)11-2;;/h2,4-6H,3H2,1H3;2*1H/q+1;;/p-1. The van der Waals surface area contributed by atoms with Crippen molar-refractivity contribution in [1.29, 1.82) is 0 Å². The topological polar surface area (TPSA) is 4.36 Å². The van der Waals surface area contributed by atoms with Gasteiger partial charge in [-0.25, -0.2) is 0 Å². The SMILES string of the molecule is C#[N+]c1ccc(Cl)cc1CC.Cl.[Cl-]. The summed E-state index contributed by atoms with van der Waals surface area (Å²) in [7, 11) is 0. The van der Waals surface area contributed by atoms with Gasteiger partial charge < -0.3 is 12.4 Å². The maximum atomic E-state index is 5.77. The van der Waals surface area contributed by atoms with Gasteiger partial charge in [0.2, 0.25) is 0 Å². The molecule has 72 valence electrons. The van der Waals surface area contributed by atoms with E-state index >= 15 is 0 Å². The largest absolute Gasteiger partial charge is 1.00 e. The Labute approximate surface area is 95.7 Å². The van der Waals surface area contributed by atoms with Crippen LogP contribution < -0.4 is 12.4 Å². The van der Waals surface area contributed by atoms with Gasteiger partial charge in [-0.15, -0.1) is 12.4 Å². The highest BCUT2D eigenvalue weighted by Crippen LogP contribution is 2.23. The number of nitrogens with zero attached hydrogens (tertiary/aromatic N) is 1. The third-order valence-corrected chi connectivity index (χ3v) is 1.80. The summed E-state index contributed by atoms with van der Waals surface area (Å²) >= 11 is 5.77. The Morgan fingerprint density at radius 2 is 2.08 bits per heavy atom. The number of hydrogen-bond acceptors (Lipinski definition) is 0. The smallest absolute Gasteiger partial charge is 0.343 e. The molecular formula is C9H10Cl3N. The van der Waals surface area contributed by atoms with E-state index in [0.717, 1.165) is 22.7 Å². The number of benzene rings is 1. The second kappa shape index (κ2) is 7.03. The van der Waals surface area contributed by atoms with Gasteiger partial charge in [-0.2, -0.15) is 0 Å². The lowest BCUT2D eigenvalue weighted by Crippen LogP contribution is -3.00. The van der Waals surface area contributed by atoms with Crippen LogP contribution in [-0.2, 0) is 6.42 Å². The first kappa shape index (κ1) is 15.1. The van der Waals surface area contributed by atoms with Crippen LogP contribution in [0.1, 0.15) is 12.5 Å². The van der Waals surface area contributed by atoms with E-state index in [1.54, 1.807) is 6.07 Å². The molecule has 13 heavy (non-hydrogen) atoms. The fourth-order valence-electron chi connectivity index (χ4n) is 0.963. The number of halogens is 3. The van der Waals surface area contributed by atoms with E-state index < -0.39 is 0 Å². The van der Waals surface area contributed by atoms with E-state index in [1.807, 2.05) is 19.1 Å². The third kappa shape index (κ3) is 3.87. The lowest BCUT2D eigenvalue weighted by atomic mass is 10.1. The summed E-state index contributed by atoms with van der Waals surface area (Å²) < 4.78 is 0. The van der Waals surface area contributed by atoms with Crippen LogP contribution in [0.25, 0.3) is 4.85 Å². The van der Waals surface area contributed by atoms with Gasteiger partial charge in [-0.3, -0.25) is 0 Å². The first-order chi connectivity index (χ1) is 5.27. The molecule has 4 heteroatoms. The van der Waals surface area contributed by atoms with Crippen LogP contribution >= 0.6 is 24.0 Å². The Bertz CT molecular complexity index is 304. The first-order valence-electron chi connectivity index (χ1n) is 3.47. The van der Waals surface area contributed by atoms with Crippen LogP contribution in [0, 0.1) is 6.57 Å². The van der Waals surface area contributed by atoms with E-state index in [9.17, 15) is 0 Å². The summed E-state index contributed by atoms with van der Waals surface area (Å²) in [6, 6.07) is 5.49. The molecule has 0 unspecified atom stereocenters. The normalized spacial score (nSPS) is 7.77. The fourth-order valence-corrected chi connectivity index (χ4v) is 1.16. The molecule has 0 aliphatic rings. The monoisotopic (exact) mass is 237 g/mol. The van der Waals surface area contributed by atoms with Gasteiger partial charge in [0, 0.05) is 16.7 Å². The number of aryl methyl sites for hydroxylation is 1. The molecule has 0 amide bonds. The second-order valence-electron chi connectivity index (χ2n) is 2.26. The maximum Gasteiger partial charge on any atom is 0.343 e. The van der Waals surface area contributed by atoms with Crippen molar-refractivity contribution >= 4 is 29.7 Å². The van der Waals surface area contributed by atoms with Crippen molar-refractivity contribution in [1.82, 2.24) is 0 Å². The summed E-state index contributed by atoms with van der Waals surface area (Å²) in [4.78, 5) is 3.62. The average Bonchev–Trinajstić information content (AvgIpc) is 2.04. The van der Waals surface area contributed by atoms with Crippen LogP contribution in [0.3, 0.4) is 0 Å². The van der Waals surface area contributed by atoms with Gasteiger partial charge in [0.05, 0.1) is 0 Å². The predicted molar refractivity (Wildman–Crippen MR) is 56.0 cm³/mol. The molecule has 0 fully saturated rings. The lowest BCUT2D eigenvalue weighted by Gasteiger charge is -1.92. The molecule has 0 heterocycles. The molecule has 1 nitrogen and oxygen atoms in total. The fraction of sp³-hybridized carbons (Fsp3) is 0.222. The van der Waals surface area contributed by atoms with Crippen LogP contribution in [0.5, 0.6) is 0 Å². The molecule has 0 bridgehead atoms. The molecule has 0 aliphatic heterocycles. The highest BCUT2D eigenvalue weighted by Gasteiger charge is 2.07. The molecule has 0 aromatic heterocycles. The van der Waals surface area contributed by atoms with Crippen LogP contribution in [0.4, 0.5) is 5.69 Å². The van der Waals surface area contributed by atoms with Crippen molar-refractivity contribution in [3.8, 4) is 6.57 Å². The highest BCUT2D eigenvalue weighted by molar-refractivity contribution is 6.30. The van der Waals surface area contributed by atoms with Gasteiger partial charge in [0.25, 0.3) is 6.57 Å². The molecular weight excluding hydrogens is 228 g/mol. The molecule has 0 radical (unpaired) electrons. The molecule has 0 aliphatic carbocycles. The molecule has 0 spiro atoms. The minimum Gasteiger partial charge on any atom is -1.00 e. The van der Waals surface area contributed by atoms with Crippen molar-refractivity contribution in [2.24, 2.45) is 0 Å². The van der Waals surface area contributed by atoms with E-state index in [-0.39, 0.29) is 24.8 Å². The zero-order valence-corrected chi connectivity index (χ0v) is 9.46. The zero-order chi connectivity index (χ0) is 8.27. The van der Waals surface area contributed by atoms with Gasteiger partial charge in [0.1, 0.15) is 0 Å². The number of rotatable bonds is 1. The molecule has 1 aromatic rings. The van der Waals surface area contributed by atoms with Crippen LogP contribution in [0.2, 0.25) is 5.02 Å². The quantitative estimate of drug-likeness (QED) is 0.685. The predicted octanol–water partition coefficient (Wildman–Crippen LogP) is 0.922. The summed E-state index contributed by atoms with van der Waals surface area (Å²) in [5, 5.41) is 0.731. The Morgan fingerprint density at radius 3 is 2.54 bits per heavy atom. The lowest BCUT2D eigenvalue weighted by molar-refractivity contribution is -0.00000235. The van der Waals surface area contributed by atoms with Gasteiger partial charge in [-0.1, -0.05) is 18.5 Å². The minimum absolute atomic E-state index is 0. The van der Waals surface area contributed by atoms with Gasteiger partial charge >= 0.3 is 5.69 Å². The Hall–Kier alpha value is -0.420.